The number of nitrogen functional groups attached to an aromatic ring is 1. The molecule has 0 fully saturated rings. The van der Waals surface area contributed by atoms with Crippen LogP contribution in [0.25, 0.3) is 11.0 Å². The lowest BCUT2D eigenvalue weighted by Gasteiger charge is -2.05. The molecule has 5 nitrogen and oxygen atoms in total. The van der Waals surface area contributed by atoms with E-state index >= 15 is 0 Å². The molecule has 108 valence electrons. The van der Waals surface area contributed by atoms with E-state index < -0.39 is 11.6 Å². The van der Waals surface area contributed by atoms with E-state index in [9.17, 15) is 8.78 Å². The first-order valence-electron chi connectivity index (χ1n) is 6.30. The summed E-state index contributed by atoms with van der Waals surface area (Å²) in [6, 6.07) is 9.08. The highest BCUT2D eigenvalue weighted by Crippen LogP contribution is 2.16. The Morgan fingerprint density at radius 2 is 1.71 bits per heavy atom. The summed E-state index contributed by atoms with van der Waals surface area (Å²) < 4.78 is 31.7. The average Bonchev–Trinajstić information content (AvgIpc) is 2.81. The molecule has 1 heterocycles. The number of hydrogen-bond acceptors (Lipinski definition) is 4. The smallest absolute Gasteiger partial charge is 0.161 e. The minimum absolute atomic E-state index is 0.304. The number of halogens is 2. The quantitative estimate of drug-likeness (QED) is 0.749. The van der Waals surface area contributed by atoms with E-state index in [2.05, 4.69) is 10.2 Å². The lowest BCUT2D eigenvalue weighted by molar-refractivity contribution is 0.283. The molecule has 1 aromatic heterocycles. The molecule has 0 amide bonds. The van der Waals surface area contributed by atoms with Gasteiger partial charge in [-0.25, -0.2) is 8.78 Å². The first-order chi connectivity index (χ1) is 10.1. The van der Waals surface area contributed by atoms with Crippen LogP contribution in [0.1, 0.15) is 0 Å². The van der Waals surface area contributed by atoms with Crippen LogP contribution in [0.5, 0.6) is 5.75 Å². The average molecular weight is 290 g/mol. The van der Waals surface area contributed by atoms with Crippen molar-refractivity contribution in [3.63, 3.8) is 0 Å². The van der Waals surface area contributed by atoms with Gasteiger partial charge in [-0.1, -0.05) is 6.07 Å². The number of rotatable bonds is 4. The van der Waals surface area contributed by atoms with Gasteiger partial charge in [-0.2, -0.15) is 15.0 Å². The topological polar surface area (TPSA) is 66.0 Å². The molecule has 0 unspecified atom stereocenters. The van der Waals surface area contributed by atoms with Gasteiger partial charge in [0.2, 0.25) is 0 Å². The SMILES string of the molecule is Nc1cccc(OCCn2nc3cc(F)c(F)cc3n2)c1. The Kier molecular flexibility index (Phi) is 3.39. The Bertz CT molecular complexity index is 749. The lowest BCUT2D eigenvalue weighted by Crippen LogP contribution is -2.10. The normalized spacial score (nSPS) is 11.0. The number of anilines is 1. The highest BCUT2D eigenvalue weighted by atomic mass is 19.2. The van der Waals surface area contributed by atoms with Crippen molar-refractivity contribution in [1.29, 1.82) is 0 Å². The standard InChI is InChI=1S/C14H12F2N4O/c15-11-7-13-14(8-12(11)16)19-20(18-13)4-5-21-10-3-1-2-9(17)6-10/h1-3,6-8H,4-5,17H2. The highest BCUT2D eigenvalue weighted by Gasteiger charge is 2.09. The molecule has 21 heavy (non-hydrogen) atoms. The highest BCUT2D eigenvalue weighted by molar-refractivity contribution is 5.73. The zero-order valence-electron chi connectivity index (χ0n) is 11.0. The number of nitrogens with zero attached hydrogens (tertiary/aromatic N) is 3. The summed E-state index contributed by atoms with van der Waals surface area (Å²) >= 11 is 0. The molecule has 2 aromatic carbocycles. The number of ether oxygens (including phenoxy) is 1. The molecule has 0 aliphatic heterocycles. The molecule has 3 aromatic rings. The van der Waals surface area contributed by atoms with Crippen LogP contribution in [-0.4, -0.2) is 21.6 Å². The van der Waals surface area contributed by atoms with Gasteiger partial charge in [-0.05, 0) is 12.1 Å². The van der Waals surface area contributed by atoms with Crippen LogP contribution >= 0.6 is 0 Å². The van der Waals surface area contributed by atoms with Gasteiger partial charge in [0, 0.05) is 23.9 Å². The zero-order chi connectivity index (χ0) is 14.8. The zero-order valence-corrected chi connectivity index (χ0v) is 11.0. The van der Waals surface area contributed by atoms with Crippen LogP contribution in [0.2, 0.25) is 0 Å². The molecule has 3 rings (SSSR count). The van der Waals surface area contributed by atoms with E-state index in [1.807, 2.05) is 0 Å². The molecule has 0 aliphatic rings. The summed E-state index contributed by atoms with van der Waals surface area (Å²) in [7, 11) is 0. The van der Waals surface area contributed by atoms with Gasteiger partial charge in [-0.15, -0.1) is 0 Å². The maximum atomic E-state index is 13.1. The Morgan fingerprint density at radius 3 is 2.33 bits per heavy atom. The second kappa shape index (κ2) is 5.35. The van der Waals surface area contributed by atoms with Crippen molar-refractivity contribution in [1.82, 2.24) is 15.0 Å². The van der Waals surface area contributed by atoms with Crippen molar-refractivity contribution in [2.24, 2.45) is 0 Å². The predicted molar refractivity (Wildman–Crippen MR) is 73.8 cm³/mol. The molecular weight excluding hydrogens is 278 g/mol. The molecule has 0 aliphatic carbocycles. The van der Waals surface area contributed by atoms with Crippen molar-refractivity contribution in [3.8, 4) is 5.75 Å². The molecular formula is C14H12F2N4O. The molecule has 0 saturated heterocycles. The molecule has 0 radical (unpaired) electrons. The summed E-state index contributed by atoms with van der Waals surface area (Å²) in [6.07, 6.45) is 0. The number of nitrogens with two attached hydrogens (primary N) is 1. The molecule has 0 bridgehead atoms. The second-order valence-electron chi connectivity index (χ2n) is 4.47. The lowest BCUT2D eigenvalue weighted by atomic mass is 10.3. The fraction of sp³-hybridized carbons (Fsp3) is 0.143. The van der Waals surface area contributed by atoms with Gasteiger partial charge in [0.1, 0.15) is 23.4 Å². The van der Waals surface area contributed by atoms with Crippen molar-refractivity contribution < 1.29 is 13.5 Å². The van der Waals surface area contributed by atoms with Crippen LogP contribution < -0.4 is 10.5 Å². The Morgan fingerprint density at radius 1 is 1.05 bits per heavy atom. The number of aromatic nitrogens is 3. The second-order valence-corrected chi connectivity index (χ2v) is 4.47. The van der Waals surface area contributed by atoms with E-state index in [1.54, 1.807) is 24.3 Å². The summed E-state index contributed by atoms with van der Waals surface area (Å²) in [5.74, 6) is -1.24. The minimum atomic E-state index is -0.939. The predicted octanol–water partition coefficient (Wildman–Crippen LogP) is 2.37. The van der Waals surface area contributed by atoms with E-state index in [0.717, 1.165) is 12.1 Å². The fourth-order valence-electron chi connectivity index (χ4n) is 1.91. The van der Waals surface area contributed by atoms with Gasteiger partial charge in [0.25, 0.3) is 0 Å². The first-order valence-corrected chi connectivity index (χ1v) is 6.30. The van der Waals surface area contributed by atoms with Gasteiger partial charge >= 0.3 is 0 Å². The summed E-state index contributed by atoms with van der Waals surface area (Å²) in [5, 5.41) is 8.12. The van der Waals surface area contributed by atoms with E-state index in [1.165, 1.54) is 4.80 Å². The summed E-state index contributed by atoms with van der Waals surface area (Å²) in [6.45, 7) is 0.669. The van der Waals surface area contributed by atoms with Crippen LogP contribution in [0.15, 0.2) is 36.4 Å². The molecule has 7 heteroatoms. The van der Waals surface area contributed by atoms with Crippen LogP contribution in [0, 0.1) is 11.6 Å². The summed E-state index contributed by atoms with van der Waals surface area (Å²) in [5.41, 5.74) is 6.86. The van der Waals surface area contributed by atoms with E-state index in [0.29, 0.717) is 35.6 Å². The third kappa shape index (κ3) is 2.91. The Labute approximate surface area is 118 Å². The monoisotopic (exact) mass is 290 g/mol. The van der Waals surface area contributed by atoms with Crippen LogP contribution in [0.3, 0.4) is 0 Å². The van der Waals surface area contributed by atoms with E-state index in [-0.39, 0.29) is 0 Å². The first kappa shape index (κ1) is 13.3. The fourth-order valence-corrected chi connectivity index (χ4v) is 1.91. The Balaban J connectivity index is 1.68. The van der Waals surface area contributed by atoms with E-state index in [4.69, 9.17) is 10.5 Å². The van der Waals surface area contributed by atoms with Gasteiger partial charge < -0.3 is 10.5 Å². The largest absolute Gasteiger partial charge is 0.492 e. The van der Waals surface area contributed by atoms with Gasteiger partial charge in [0.05, 0.1) is 6.54 Å². The molecule has 0 saturated carbocycles. The molecule has 0 atom stereocenters. The van der Waals surface area contributed by atoms with Crippen molar-refractivity contribution >= 4 is 16.7 Å². The van der Waals surface area contributed by atoms with Crippen molar-refractivity contribution in [3.05, 3.63) is 48.0 Å². The molecule has 0 spiro atoms. The Hall–Kier alpha value is -2.70. The third-order valence-corrected chi connectivity index (χ3v) is 2.88. The van der Waals surface area contributed by atoms with Gasteiger partial charge in [0.15, 0.2) is 11.6 Å². The maximum absolute atomic E-state index is 13.1. The number of fused-ring (bicyclic) bond motifs is 1. The van der Waals surface area contributed by atoms with Crippen LogP contribution in [0.4, 0.5) is 14.5 Å². The van der Waals surface area contributed by atoms with Crippen LogP contribution in [-0.2, 0) is 6.54 Å². The third-order valence-electron chi connectivity index (χ3n) is 2.88. The molecule has 2 N–H and O–H groups in total. The number of benzene rings is 2. The van der Waals surface area contributed by atoms with Gasteiger partial charge in [-0.3, -0.25) is 0 Å². The minimum Gasteiger partial charge on any atom is -0.492 e. The van der Waals surface area contributed by atoms with Crippen molar-refractivity contribution in [2.75, 3.05) is 12.3 Å². The number of hydrogen-bond donors (Lipinski definition) is 1. The maximum Gasteiger partial charge on any atom is 0.161 e. The summed E-state index contributed by atoms with van der Waals surface area (Å²) in [4.78, 5) is 1.34. The van der Waals surface area contributed by atoms with Crippen molar-refractivity contribution in [2.45, 2.75) is 6.54 Å².